The molecule has 0 atom stereocenters. The van der Waals surface area contributed by atoms with Gasteiger partial charge >= 0.3 is 103 Å². The summed E-state index contributed by atoms with van der Waals surface area (Å²) in [4.78, 5) is 4.40. The summed E-state index contributed by atoms with van der Waals surface area (Å²) in [6.45, 7) is 0. The summed E-state index contributed by atoms with van der Waals surface area (Å²) in [6.07, 6.45) is 0. The summed E-state index contributed by atoms with van der Waals surface area (Å²) in [5.74, 6) is 0. The molecule has 0 bridgehead atoms. The second-order valence-corrected chi connectivity index (χ2v) is 6.42. The normalized spacial score (nSPS) is 11.2. The predicted molar refractivity (Wildman–Crippen MR) is 61.1 cm³/mol. The zero-order valence-electron chi connectivity index (χ0n) is 8.87. The molecule has 3 heteroatoms. The predicted octanol–water partition coefficient (Wildman–Crippen LogP) is 1.35. The van der Waals surface area contributed by atoms with Crippen LogP contribution in [-0.4, -0.2) is 0 Å². The standard InChI is InChI=1S/2C6H4.2CN.Fe/c2*1-2-4-6-5-3-1;2*1-2;/h2*1-4H;;;. The topological polar surface area (TPSA) is 47.6 Å². The molecule has 0 aliphatic rings. The van der Waals surface area contributed by atoms with Crippen molar-refractivity contribution in [2.75, 3.05) is 0 Å². The first kappa shape index (κ1) is 11.4. The van der Waals surface area contributed by atoms with Gasteiger partial charge in [-0.05, 0) is 0 Å². The van der Waals surface area contributed by atoms with Crippen molar-refractivity contribution < 1.29 is 12.8 Å². The molecule has 0 unspecified atom stereocenters. The van der Waals surface area contributed by atoms with Gasteiger partial charge in [0.15, 0.2) is 0 Å². The Kier molecular flexibility index (Phi) is 3.26. The van der Waals surface area contributed by atoms with Crippen LogP contribution in [0.25, 0.3) is 0 Å². The summed E-state index contributed by atoms with van der Waals surface area (Å²) < 4.78 is 1.35. The molecule has 2 rings (SSSR count). The van der Waals surface area contributed by atoms with Crippen molar-refractivity contribution in [3.05, 3.63) is 60.7 Å². The van der Waals surface area contributed by atoms with E-state index in [4.69, 9.17) is 0 Å². The second kappa shape index (κ2) is 4.85. The molecule has 17 heavy (non-hydrogen) atoms. The quantitative estimate of drug-likeness (QED) is 0.765. The Morgan fingerprint density at radius 2 is 1.29 bits per heavy atom. The van der Waals surface area contributed by atoms with Crippen LogP contribution in [-0.2, 0) is 12.8 Å². The fourth-order valence-corrected chi connectivity index (χ4v) is 3.69. The number of hydrogen-bond acceptors (Lipinski definition) is 2. The van der Waals surface area contributed by atoms with Gasteiger partial charge in [-0.25, -0.2) is 0 Å². The molecule has 0 amide bonds. The van der Waals surface area contributed by atoms with Crippen molar-refractivity contribution in [2.45, 2.75) is 0 Å². The third kappa shape index (κ3) is 1.95. The summed E-state index contributed by atoms with van der Waals surface area (Å²) in [6, 6.07) is 20.3. The van der Waals surface area contributed by atoms with Crippen LogP contribution in [0.2, 0.25) is 0 Å². The van der Waals surface area contributed by atoms with Crippen LogP contribution in [0.15, 0.2) is 48.5 Å². The van der Waals surface area contributed by atoms with E-state index in [1.54, 1.807) is 24.3 Å². The first-order chi connectivity index (χ1) is 8.33. The van der Waals surface area contributed by atoms with Crippen LogP contribution in [0.1, 0.15) is 0 Å². The second-order valence-electron chi connectivity index (χ2n) is 3.08. The molecule has 0 spiro atoms. The van der Waals surface area contributed by atoms with Gasteiger partial charge in [-0.3, -0.25) is 0 Å². The minimum atomic E-state index is -2.83. The van der Waals surface area contributed by atoms with E-state index in [0.29, 0.717) is 8.92 Å². The first-order valence-corrected chi connectivity index (χ1v) is 7.02. The van der Waals surface area contributed by atoms with Crippen LogP contribution in [0, 0.1) is 32.6 Å². The molecular weight excluding hydrogens is 252 g/mol. The molecule has 82 valence electrons. The molecule has 2 aromatic carbocycles. The Morgan fingerprint density at radius 1 is 0.824 bits per heavy atom. The van der Waals surface area contributed by atoms with Gasteiger partial charge in [0.25, 0.3) is 0 Å². The Labute approximate surface area is 103 Å². The zero-order valence-corrected chi connectivity index (χ0v) is 9.97. The molecule has 0 aliphatic heterocycles. The summed E-state index contributed by atoms with van der Waals surface area (Å²) in [5, 5.41) is 18.9. The Hall–Kier alpha value is -2.06. The number of hydrogen-bond donors (Lipinski definition) is 0. The SMILES string of the molecule is N#[C][Fe]([C]#N)([c]1[c]cccc1)[c]1[c]cccc1. The fourth-order valence-electron chi connectivity index (χ4n) is 1.35. The van der Waals surface area contributed by atoms with Gasteiger partial charge in [0.1, 0.15) is 0 Å². The summed E-state index contributed by atoms with van der Waals surface area (Å²) in [5.41, 5.74) is 0. The number of benzene rings is 2. The average molecular weight is 260 g/mol. The molecule has 0 heterocycles. The van der Waals surface area contributed by atoms with E-state index >= 15 is 0 Å². The van der Waals surface area contributed by atoms with Gasteiger partial charge in [-0.1, -0.05) is 0 Å². The number of rotatable bonds is 2. The van der Waals surface area contributed by atoms with E-state index in [0.717, 1.165) is 0 Å². The average Bonchev–Trinajstić information content (AvgIpc) is 2.43. The van der Waals surface area contributed by atoms with Crippen LogP contribution < -0.4 is 8.92 Å². The zero-order chi connectivity index (χ0) is 12.1. The maximum absolute atomic E-state index is 9.43. The van der Waals surface area contributed by atoms with E-state index in [9.17, 15) is 10.5 Å². The van der Waals surface area contributed by atoms with Crippen molar-refractivity contribution >= 4 is 8.92 Å². The molecule has 2 radical (unpaired) electrons. The molecule has 0 saturated heterocycles. The maximum atomic E-state index is 9.43. The minimum absolute atomic E-state index is 0.674. The molecule has 0 aliphatic carbocycles. The molecular formula is C14H8FeN2. The van der Waals surface area contributed by atoms with Crippen molar-refractivity contribution in [2.24, 2.45) is 0 Å². The van der Waals surface area contributed by atoms with Crippen LogP contribution in [0.5, 0.6) is 0 Å². The van der Waals surface area contributed by atoms with E-state index < -0.39 is 12.8 Å². The van der Waals surface area contributed by atoms with E-state index in [2.05, 4.69) is 22.1 Å². The summed E-state index contributed by atoms with van der Waals surface area (Å²) in [7, 11) is 0. The summed E-state index contributed by atoms with van der Waals surface area (Å²) >= 11 is -2.83. The van der Waals surface area contributed by atoms with Crippen LogP contribution in [0.3, 0.4) is 0 Å². The van der Waals surface area contributed by atoms with Gasteiger partial charge in [0.05, 0.1) is 0 Å². The first-order valence-electron chi connectivity index (χ1n) is 4.81. The fraction of sp³-hybridized carbons (Fsp3) is 0. The molecule has 2 aromatic rings. The monoisotopic (exact) mass is 260 g/mol. The molecule has 0 saturated carbocycles. The molecule has 0 N–H and O–H groups in total. The van der Waals surface area contributed by atoms with E-state index in [-0.39, 0.29) is 0 Å². The number of nitriles is 2. The van der Waals surface area contributed by atoms with Crippen LogP contribution in [0.4, 0.5) is 0 Å². The molecule has 2 nitrogen and oxygen atoms in total. The Morgan fingerprint density at radius 3 is 1.59 bits per heavy atom. The number of nitrogens with zero attached hydrogens (tertiary/aromatic N) is 2. The van der Waals surface area contributed by atoms with Gasteiger partial charge in [-0.15, -0.1) is 0 Å². The van der Waals surface area contributed by atoms with Crippen molar-refractivity contribution in [1.29, 1.82) is 10.5 Å². The van der Waals surface area contributed by atoms with E-state index in [1.807, 2.05) is 24.3 Å². The van der Waals surface area contributed by atoms with Crippen molar-refractivity contribution in [1.82, 2.24) is 0 Å². The third-order valence-electron chi connectivity index (χ3n) is 2.14. The third-order valence-corrected chi connectivity index (χ3v) is 5.35. The van der Waals surface area contributed by atoms with Crippen molar-refractivity contribution in [3.8, 4) is 9.94 Å². The Balaban J connectivity index is 2.65. The molecule has 0 fully saturated rings. The van der Waals surface area contributed by atoms with Gasteiger partial charge in [0, 0.05) is 0 Å². The van der Waals surface area contributed by atoms with Gasteiger partial charge in [0.2, 0.25) is 0 Å². The van der Waals surface area contributed by atoms with Crippen molar-refractivity contribution in [3.63, 3.8) is 0 Å². The molecule has 0 aromatic heterocycles. The van der Waals surface area contributed by atoms with Gasteiger partial charge < -0.3 is 0 Å². The van der Waals surface area contributed by atoms with Crippen LogP contribution >= 0.6 is 0 Å². The van der Waals surface area contributed by atoms with E-state index in [1.165, 1.54) is 0 Å². The van der Waals surface area contributed by atoms with Gasteiger partial charge in [-0.2, -0.15) is 0 Å². The Bertz CT molecular complexity index is 524.